The highest BCUT2D eigenvalue weighted by atomic mass is 32.2. The average molecular weight is 313 g/mol. The van der Waals surface area contributed by atoms with E-state index in [-0.39, 0.29) is 16.8 Å². The molecule has 21 heavy (non-hydrogen) atoms. The molecule has 1 rings (SSSR count). The summed E-state index contributed by atoms with van der Waals surface area (Å²) in [6.07, 6.45) is 0. The molecule has 0 spiro atoms. The first kappa shape index (κ1) is 17.6. The zero-order chi connectivity index (χ0) is 16.2. The van der Waals surface area contributed by atoms with Crippen molar-refractivity contribution in [3.63, 3.8) is 0 Å². The van der Waals surface area contributed by atoms with Gasteiger partial charge in [-0.1, -0.05) is 13.0 Å². The van der Waals surface area contributed by atoms with Crippen LogP contribution in [0.5, 0.6) is 0 Å². The topological polar surface area (TPSA) is 92.5 Å². The Bertz CT molecular complexity index is 614. The van der Waals surface area contributed by atoms with Gasteiger partial charge in [0.05, 0.1) is 4.90 Å². The van der Waals surface area contributed by atoms with Crippen molar-refractivity contribution in [3.05, 3.63) is 29.3 Å². The summed E-state index contributed by atoms with van der Waals surface area (Å²) in [6.45, 7) is 5.96. The first-order chi connectivity index (χ1) is 9.74. The maximum absolute atomic E-state index is 12.5. The number of hydrogen-bond donors (Lipinski definition) is 2. The van der Waals surface area contributed by atoms with Crippen LogP contribution in [0.1, 0.15) is 29.8 Å². The Kier molecular flexibility index (Phi) is 5.88. The molecule has 0 saturated heterocycles. The van der Waals surface area contributed by atoms with Crippen LogP contribution in [0.4, 0.5) is 0 Å². The standard InChI is InChI=1S/C14H23N3O3S/c1-5-16-21(19,20)12-7-6-10(2)13(8-12)14(18)17(4)11(3)9-15/h6-8,11,16H,5,9,15H2,1-4H3. The number of aryl methyl sites for hydroxylation is 1. The summed E-state index contributed by atoms with van der Waals surface area (Å²) in [7, 11) is -1.92. The van der Waals surface area contributed by atoms with Crippen molar-refractivity contribution < 1.29 is 13.2 Å². The summed E-state index contributed by atoms with van der Waals surface area (Å²) in [6, 6.07) is 4.43. The van der Waals surface area contributed by atoms with Gasteiger partial charge in [0.2, 0.25) is 10.0 Å². The van der Waals surface area contributed by atoms with E-state index in [1.54, 1.807) is 27.0 Å². The van der Waals surface area contributed by atoms with Crippen molar-refractivity contribution in [2.75, 3.05) is 20.1 Å². The van der Waals surface area contributed by atoms with Crippen LogP contribution in [0.15, 0.2) is 23.1 Å². The molecule has 0 aliphatic rings. The number of hydrogen-bond acceptors (Lipinski definition) is 4. The van der Waals surface area contributed by atoms with Gasteiger partial charge >= 0.3 is 0 Å². The molecule has 0 bridgehead atoms. The van der Waals surface area contributed by atoms with Crippen LogP contribution in [0.25, 0.3) is 0 Å². The maximum atomic E-state index is 12.5. The second-order valence-electron chi connectivity index (χ2n) is 4.98. The van der Waals surface area contributed by atoms with Crippen molar-refractivity contribution in [2.24, 2.45) is 5.73 Å². The van der Waals surface area contributed by atoms with E-state index in [9.17, 15) is 13.2 Å². The smallest absolute Gasteiger partial charge is 0.254 e. The third-order valence-corrected chi connectivity index (χ3v) is 4.95. The molecule has 118 valence electrons. The van der Waals surface area contributed by atoms with Gasteiger partial charge in [-0.2, -0.15) is 0 Å². The molecule has 1 amide bonds. The summed E-state index contributed by atoms with van der Waals surface area (Å²) >= 11 is 0. The molecule has 1 aromatic rings. The Balaban J connectivity index is 3.23. The number of nitrogens with one attached hydrogen (secondary N) is 1. The van der Waals surface area contributed by atoms with Crippen LogP contribution < -0.4 is 10.5 Å². The highest BCUT2D eigenvalue weighted by molar-refractivity contribution is 7.89. The minimum atomic E-state index is -3.58. The predicted octanol–water partition coefficient (Wildman–Crippen LogP) is 0.712. The largest absolute Gasteiger partial charge is 0.338 e. The maximum Gasteiger partial charge on any atom is 0.254 e. The molecule has 0 aromatic heterocycles. The van der Waals surface area contributed by atoms with Gasteiger partial charge in [0.15, 0.2) is 0 Å². The van der Waals surface area contributed by atoms with Gasteiger partial charge in [-0.05, 0) is 31.5 Å². The van der Waals surface area contributed by atoms with E-state index in [1.807, 2.05) is 6.92 Å². The monoisotopic (exact) mass is 313 g/mol. The SMILES string of the molecule is CCNS(=O)(=O)c1ccc(C)c(C(=O)N(C)C(C)CN)c1. The van der Waals surface area contributed by atoms with E-state index in [1.165, 1.54) is 17.0 Å². The average Bonchev–Trinajstić information content (AvgIpc) is 2.45. The number of likely N-dealkylation sites (N-methyl/N-ethyl adjacent to an activating group) is 1. The first-order valence-electron chi connectivity index (χ1n) is 6.82. The summed E-state index contributed by atoms with van der Waals surface area (Å²) in [5.74, 6) is -0.237. The summed E-state index contributed by atoms with van der Waals surface area (Å²) in [4.78, 5) is 14.1. The van der Waals surface area contributed by atoms with Gasteiger partial charge in [-0.25, -0.2) is 13.1 Å². The van der Waals surface area contributed by atoms with Gasteiger partial charge in [0.1, 0.15) is 0 Å². The normalized spacial score (nSPS) is 13.0. The lowest BCUT2D eigenvalue weighted by Crippen LogP contribution is -2.40. The third-order valence-electron chi connectivity index (χ3n) is 3.41. The fraction of sp³-hybridized carbons (Fsp3) is 0.500. The molecular formula is C14H23N3O3S. The molecule has 3 N–H and O–H groups in total. The Morgan fingerprint density at radius 2 is 2.05 bits per heavy atom. The van der Waals surface area contributed by atoms with Gasteiger partial charge in [0, 0.05) is 31.7 Å². The summed E-state index contributed by atoms with van der Waals surface area (Å²) < 4.78 is 26.5. The van der Waals surface area contributed by atoms with Crippen molar-refractivity contribution in [3.8, 4) is 0 Å². The van der Waals surface area contributed by atoms with Crippen LogP contribution >= 0.6 is 0 Å². The summed E-state index contributed by atoms with van der Waals surface area (Å²) in [5, 5.41) is 0. The number of nitrogens with two attached hydrogens (primary N) is 1. The first-order valence-corrected chi connectivity index (χ1v) is 8.30. The molecule has 0 aliphatic heterocycles. The number of sulfonamides is 1. The lowest BCUT2D eigenvalue weighted by molar-refractivity contribution is 0.0747. The van der Waals surface area contributed by atoms with Crippen molar-refractivity contribution in [1.82, 2.24) is 9.62 Å². The van der Waals surface area contributed by atoms with Crippen molar-refractivity contribution in [2.45, 2.75) is 31.7 Å². The molecule has 0 radical (unpaired) electrons. The Morgan fingerprint density at radius 1 is 1.43 bits per heavy atom. The molecule has 0 aliphatic carbocycles. The van der Waals surface area contributed by atoms with Gasteiger partial charge in [0.25, 0.3) is 5.91 Å². The minimum absolute atomic E-state index is 0.0899. The number of amides is 1. The van der Waals surface area contributed by atoms with Gasteiger partial charge < -0.3 is 10.6 Å². The molecule has 0 heterocycles. The van der Waals surface area contributed by atoms with Gasteiger partial charge in [-0.15, -0.1) is 0 Å². The van der Waals surface area contributed by atoms with Crippen LogP contribution in [0.2, 0.25) is 0 Å². The predicted molar refractivity (Wildman–Crippen MR) is 82.7 cm³/mol. The van der Waals surface area contributed by atoms with E-state index in [0.29, 0.717) is 18.7 Å². The second kappa shape index (κ2) is 7.02. The third kappa shape index (κ3) is 4.03. The lowest BCUT2D eigenvalue weighted by Gasteiger charge is -2.24. The zero-order valence-corrected chi connectivity index (χ0v) is 13.7. The second-order valence-corrected chi connectivity index (χ2v) is 6.75. The molecule has 7 heteroatoms. The molecule has 0 fully saturated rings. The Hall–Kier alpha value is -1.44. The van der Waals surface area contributed by atoms with Crippen molar-refractivity contribution in [1.29, 1.82) is 0 Å². The van der Waals surface area contributed by atoms with E-state index >= 15 is 0 Å². The molecule has 1 unspecified atom stereocenters. The van der Waals surface area contributed by atoms with Crippen LogP contribution in [-0.4, -0.2) is 45.4 Å². The van der Waals surface area contributed by atoms with Crippen LogP contribution in [-0.2, 0) is 10.0 Å². The number of nitrogens with zero attached hydrogens (tertiary/aromatic N) is 1. The van der Waals surface area contributed by atoms with E-state index in [0.717, 1.165) is 5.56 Å². The quantitative estimate of drug-likeness (QED) is 0.809. The number of rotatable bonds is 6. The van der Waals surface area contributed by atoms with Crippen LogP contribution in [0.3, 0.4) is 0 Å². The fourth-order valence-corrected chi connectivity index (χ4v) is 2.89. The number of carbonyl (C=O) groups excluding carboxylic acids is 1. The van der Waals surface area contributed by atoms with Gasteiger partial charge in [-0.3, -0.25) is 4.79 Å². The molecular weight excluding hydrogens is 290 g/mol. The minimum Gasteiger partial charge on any atom is -0.338 e. The molecule has 1 atom stereocenters. The highest BCUT2D eigenvalue weighted by Gasteiger charge is 2.21. The number of benzene rings is 1. The zero-order valence-electron chi connectivity index (χ0n) is 12.9. The van der Waals surface area contributed by atoms with E-state index < -0.39 is 10.0 Å². The van der Waals surface area contributed by atoms with E-state index in [2.05, 4.69) is 4.72 Å². The molecule has 1 aromatic carbocycles. The highest BCUT2D eigenvalue weighted by Crippen LogP contribution is 2.17. The van der Waals surface area contributed by atoms with E-state index in [4.69, 9.17) is 5.73 Å². The van der Waals surface area contributed by atoms with Crippen molar-refractivity contribution >= 4 is 15.9 Å². The number of carbonyl (C=O) groups is 1. The Labute approximate surface area is 126 Å². The van der Waals surface area contributed by atoms with Crippen LogP contribution in [0, 0.1) is 6.92 Å². The molecule has 6 nitrogen and oxygen atoms in total. The molecule has 0 saturated carbocycles. The fourth-order valence-electron chi connectivity index (χ4n) is 1.82. The Morgan fingerprint density at radius 3 is 2.57 bits per heavy atom. The summed E-state index contributed by atoms with van der Waals surface area (Å²) in [5.41, 5.74) is 6.67. The lowest BCUT2D eigenvalue weighted by atomic mass is 10.1.